The van der Waals surface area contributed by atoms with Gasteiger partial charge in [-0.2, -0.15) is 0 Å². The molecule has 2 aromatic heterocycles. The lowest BCUT2D eigenvalue weighted by atomic mass is 10.1. The number of benzene rings is 1. The number of thiophene rings is 1. The number of esters is 1. The lowest BCUT2D eigenvalue weighted by Gasteiger charge is -2.01. The second-order valence-electron chi connectivity index (χ2n) is 5.96. The Bertz CT molecular complexity index is 1080. The third-order valence-electron chi connectivity index (χ3n) is 4.17. The molecule has 5 nitrogen and oxygen atoms in total. The van der Waals surface area contributed by atoms with E-state index in [1.54, 1.807) is 19.9 Å². The number of aryl methyl sites for hydroxylation is 2. The molecule has 0 radical (unpaired) electrons. The van der Waals surface area contributed by atoms with Gasteiger partial charge in [-0.25, -0.2) is 9.78 Å². The van der Waals surface area contributed by atoms with E-state index in [9.17, 15) is 9.59 Å². The minimum Gasteiger partial charge on any atom is -0.462 e. The zero-order chi connectivity index (χ0) is 19.6. The number of nitrogens with one attached hydrogen (secondary N) is 1. The van der Waals surface area contributed by atoms with E-state index in [1.165, 1.54) is 5.56 Å². The van der Waals surface area contributed by atoms with Gasteiger partial charge in [0.25, 0.3) is 5.56 Å². The first-order valence-corrected chi connectivity index (χ1v) is 9.81. The second kappa shape index (κ2) is 8.06. The summed E-state index contributed by atoms with van der Waals surface area (Å²) in [7, 11) is 0. The van der Waals surface area contributed by atoms with Crippen molar-refractivity contribution >= 4 is 50.2 Å². The molecule has 0 aliphatic heterocycles. The summed E-state index contributed by atoms with van der Waals surface area (Å²) in [5.41, 5.74) is 2.39. The van der Waals surface area contributed by atoms with Crippen molar-refractivity contribution in [1.29, 1.82) is 0 Å². The van der Waals surface area contributed by atoms with Crippen molar-refractivity contribution in [1.82, 2.24) is 9.97 Å². The number of aromatic amines is 1. The van der Waals surface area contributed by atoms with Crippen molar-refractivity contribution in [2.24, 2.45) is 0 Å². The van der Waals surface area contributed by atoms with Crippen LogP contribution in [0.4, 0.5) is 0 Å². The second-order valence-corrected chi connectivity index (χ2v) is 7.37. The Balaban J connectivity index is 2.03. The molecule has 7 heteroatoms. The molecule has 0 aliphatic rings. The minimum absolute atomic E-state index is 0.269. The molecule has 0 spiro atoms. The molecule has 2 heterocycles. The first kappa shape index (κ1) is 19.3. The maximum atomic E-state index is 12.5. The molecule has 3 aromatic rings. The highest BCUT2D eigenvalue weighted by molar-refractivity contribution is 7.20. The number of aromatic nitrogens is 2. The van der Waals surface area contributed by atoms with Crippen molar-refractivity contribution < 1.29 is 9.53 Å². The van der Waals surface area contributed by atoms with E-state index in [0.29, 0.717) is 25.7 Å². The van der Waals surface area contributed by atoms with E-state index in [0.717, 1.165) is 23.3 Å². The average Bonchev–Trinajstić information content (AvgIpc) is 2.99. The maximum absolute atomic E-state index is 12.5. The van der Waals surface area contributed by atoms with Crippen molar-refractivity contribution in [3.05, 3.63) is 62.0 Å². The zero-order valence-corrected chi connectivity index (χ0v) is 16.8. The summed E-state index contributed by atoms with van der Waals surface area (Å²) in [5.74, 6) is -0.179. The number of ether oxygens (including phenoxy) is 1. The first-order valence-electron chi connectivity index (χ1n) is 8.61. The smallest absolute Gasteiger partial charge is 0.348 e. The van der Waals surface area contributed by atoms with Gasteiger partial charge in [-0.05, 0) is 43.0 Å². The van der Waals surface area contributed by atoms with Gasteiger partial charge < -0.3 is 9.72 Å². The SMILES string of the molecule is CCOC(=O)c1sc2nc(/C(Cl)=C/c3ccc(CC)cc3)[nH]c(=O)c2c1C. The van der Waals surface area contributed by atoms with Gasteiger partial charge in [-0.3, -0.25) is 4.79 Å². The van der Waals surface area contributed by atoms with Gasteiger partial charge in [-0.1, -0.05) is 42.8 Å². The summed E-state index contributed by atoms with van der Waals surface area (Å²) >= 11 is 7.52. The Morgan fingerprint density at radius 3 is 2.63 bits per heavy atom. The van der Waals surface area contributed by atoms with E-state index in [-0.39, 0.29) is 18.0 Å². The fourth-order valence-corrected chi connectivity index (χ4v) is 4.00. The molecule has 0 aliphatic carbocycles. The van der Waals surface area contributed by atoms with Crippen LogP contribution < -0.4 is 5.56 Å². The van der Waals surface area contributed by atoms with Crippen LogP contribution in [0.2, 0.25) is 0 Å². The number of fused-ring (bicyclic) bond motifs is 1. The molecule has 0 bridgehead atoms. The summed E-state index contributed by atoms with van der Waals surface area (Å²) in [6.07, 6.45) is 2.71. The Hall–Kier alpha value is -2.44. The summed E-state index contributed by atoms with van der Waals surface area (Å²) in [6, 6.07) is 7.99. The van der Waals surface area contributed by atoms with Crippen LogP contribution in [-0.2, 0) is 11.2 Å². The van der Waals surface area contributed by atoms with Crippen LogP contribution in [-0.4, -0.2) is 22.5 Å². The fraction of sp³-hybridized carbons (Fsp3) is 0.250. The Labute approximate surface area is 165 Å². The van der Waals surface area contributed by atoms with Gasteiger partial charge in [0, 0.05) is 0 Å². The van der Waals surface area contributed by atoms with E-state index in [1.807, 2.05) is 24.3 Å². The van der Waals surface area contributed by atoms with E-state index in [4.69, 9.17) is 16.3 Å². The molecule has 1 N–H and O–H groups in total. The summed E-state index contributed by atoms with van der Waals surface area (Å²) in [5, 5.41) is 0.713. The quantitative estimate of drug-likeness (QED) is 0.624. The van der Waals surface area contributed by atoms with Gasteiger partial charge in [0.1, 0.15) is 9.71 Å². The van der Waals surface area contributed by atoms with E-state index in [2.05, 4.69) is 16.9 Å². The molecule has 0 amide bonds. The van der Waals surface area contributed by atoms with E-state index >= 15 is 0 Å². The normalized spacial score (nSPS) is 11.8. The van der Waals surface area contributed by atoms with Crippen LogP contribution >= 0.6 is 22.9 Å². The van der Waals surface area contributed by atoms with Gasteiger partial charge in [0.2, 0.25) is 0 Å². The summed E-state index contributed by atoms with van der Waals surface area (Å²) in [4.78, 5) is 32.6. The molecule has 140 valence electrons. The lowest BCUT2D eigenvalue weighted by molar-refractivity contribution is 0.0531. The molecule has 0 atom stereocenters. The molecule has 27 heavy (non-hydrogen) atoms. The van der Waals surface area contributed by atoms with Crippen molar-refractivity contribution in [3.63, 3.8) is 0 Å². The number of rotatable bonds is 5. The van der Waals surface area contributed by atoms with Crippen molar-refractivity contribution in [2.75, 3.05) is 6.61 Å². The summed E-state index contributed by atoms with van der Waals surface area (Å²) in [6.45, 7) is 5.82. The van der Waals surface area contributed by atoms with Crippen LogP contribution in [0.1, 0.15) is 46.0 Å². The third kappa shape index (κ3) is 3.96. The van der Waals surface area contributed by atoms with E-state index < -0.39 is 5.97 Å². The molecule has 0 unspecified atom stereocenters. The Kier molecular flexibility index (Phi) is 5.77. The highest BCUT2D eigenvalue weighted by Crippen LogP contribution is 2.29. The average molecular weight is 403 g/mol. The molecule has 3 rings (SSSR count). The Morgan fingerprint density at radius 1 is 1.30 bits per heavy atom. The number of nitrogens with zero attached hydrogens (tertiary/aromatic N) is 1. The zero-order valence-electron chi connectivity index (χ0n) is 15.3. The molecular weight excluding hydrogens is 384 g/mol. The van der Waals surface area contributed by atoms with Gasteiger partial charge in [0.15, 0.2) is 5.82 Å². The van der Waals surface area contributed by atoms with Crippen molar-refractivity contribution in [3.8, 4) is 0 Å². The third-order valence-corrected chi connectivity index (χ3v) is 5.62. The number of hydrogen-bond acceptors (Lipinski definition) is 5. The first-order chi connectivity index (χ1) is 12.9. The molecule has 0 saturated heterocycles. The van der Waals surface area contributed by atoms with Crippen LogP contribution in [0.15, 0.2) is 29.1 Å². The van der Waals surface area contributed by atoms with Crippen LogP contribution in [0.5, 0.6) is 0 Å². The van der Waals surface area contributed by atoms with Crippen LogP contribution in [0.3, 0.4) is 0 Å². The molecule has 0 saturated carbocycles. The predicted molar refractivity (Wildman–Crippen MR) is 110 cm³/mol. The number of carbonyl (C=O) groups excluding carboxylic acids is 1. The van der Waals surface area contributed by atoms with Crippen LogP contribution in [0.25, 0.3) is 21.3 Å². The standard InChI is InChI=1S/C20H19ClN2O3S/c1-4-12-6-8-13(9-7-12)10-14(21)17-22-18(24)15-11(3)16(20(25)26-5-2)27-19(15)23-17/h6-10H,4-5H2,1-3H3,(H,22,23,24)/b14-10-. The number of H-pyrrole nitrogens is 1. The Morgan fingerprint density at radius 2 is 2.00 bits per heavy atom. The van der Waals surface area contributed by atoms with Crippen molar-refractivity contribution in [2.45, 2.75) is 27.2 Å². The van der Waals surface area contributed by atoms with Crippen LogP contribution in [0, 0.1) is 6.92 Å². The largest absolute Gasteiger partial charge is 0.462 e. The van der Waals surface area contributed by atoms with Gasteiger partial charge in [0.05, 0.1) is 17.0 Å². The molecule has 1 aromatic carbocycles. The highest BCUT2D eigenvalue weighted by Gasteiger charge is 2.20. The minimum atomic E-state index is -0.448. The monoisotopic (exact) mass is 402 g/mol. The fourth-order valence-electron chi connectivity index (χ4n) is 2.71. The topological polar surface area (TPSA) is 72.0 Å². The maximum Gasteiger partial charge on any atom is 0.348 e. The van der Waals surface area contributed by atoms with Gasteiger partial charge >= 0.3 is 5.97 Å². The predicted octanol–water partition coefficient (Wildman–Crippen LogP) is 4.77. The summed E-state index contributed by atoms with van der Waals surface area (Å²) < 4.78 is 5.05. The lowest BCUT2D eigenvalue weighted by Crippen LogP contribution is -2.10. The van der Waals surface area contributed by atoms with Gasteiger partial charge in [-0.15, -0.1) is 11.3 Å². The highest BCUT2D eigenvalue weighted by atomic mass is 35.5. The number of halogens is 1. The number of carbonyl (C=O) groups is 1. The molecule has 0 fully saturated rings. The number of hydrogen-bond donors (Lipinski definition) is 1. The molecular formula is C20H19ClN2O3S.